The van der Waals surface area contributed by atoms with Gasteiger partial charge < -0.3 is 18.6 Å². The van der Waals surface area contributed by atoms with Crippen molar-refractivity contribution in [2.75, 3.05) is 14.2 Å². The zero-order valence-corrected chi connectivity index (χ0v) is 13.3. The molecule has 0 amide bonds. The highest BCUT2D eigenvalue weighted by molar-refractivity contribution is 6.09. The largest absolute Gasteiger partial charge is 0.493 e. The van der Waals surface area contributed by atoms with Crippen LogP contribution in [0.25, 0.3) is 11.0 Å². The molecule has 2 atom stereocenters. The third-order valence-electron chi connectivity index (χ3n) is 4.30. The van der Waals surface area contributed by atoms with E-state index in [1.165, 1.54) is 7.11 Å². The lowest BCUT2D eigenvalue weighted by atomic mass is 9.92. The minimum atomic E-state index is -0.714. The van der Waals surface area contributed by atoms with E-state index in [2.05, 4.69) is 0 Å². The fraction of sp³-hybridized carbons (Fsp3) is 0.211. The molecular formula is C19H16O5. The molecule has 0 bridgehead atoms. The molecule has 2 aromatic carbocycles. The van der Waals surface area contributed by atoms with Crippen LogP contribution in [0.5, 0.6) is 11.5 Å². The minimum absolute atomic E-state index is 0.131. The molecule has 2 heterocycles. The Bertz CT molecular complexity index is 897. The van der Waals surface area contributed by atoms with Gasteiger partial charge in [-0.2, -0.15) is 0 Å². The van der Waals surface area contributed by atoms with Crippen molar-refractivity contribution >= 4 is 16.8 Å². The smallest absolute Gasteiger partial charge is 0.199 e. The van der Waals surface area contributed by atoms with Crippen molar-refractivity contribution in [1.29, 1.82) is 0 Å². The predicted octanol–water partition coefficient (Wildman–Crippen LogP) is 3.77. The summed E-state index contributed by atoms with van der Waals surface area (Å²) in [5, 5.41) is 0.716. The number of carbonyl (C=O) groups is 1. The van der Waals surface area contributed by atoms with Crippen molar-refractivity contribution in [1.82, 2.24) is 0 Å². The van der Waals surface area contributed by atoms with Gasteiger partial charge in [0.15, 0.2) is 29.3 Å². The summed E-state index contributed by atoms with van der Waals surface area (Å²) in [5.74, 6) is 0.874. The third kappa shape index (κ3) is 2.09. The molecule has 0 fully saturated rings. The Balaban J connectivity index is 1.92. The van der Waals surface area contributed by atoms with Crippen LogP contribution in [0, 0.1) is 0 Å². The first-order valence-corrected chi connectivity index (χ1v) is 7.61. The molecule has 24 heavy (non-hydrogen) atoms. The van der Waals surface area contributed by atoms with Crippen molar-refractivity contribution in [2.45, 2.75) is 12.2 Å². The lowest BCUT2D eigenvalue weighted by Crippen LogP contribution is -2.37. The molecule has 0 radical (unpaired) electrons. The van der Waals surface area contributed by atoms with Crippen molar-refractivity contribution in [2.24, 2.45) is 0 Å². The number of Topliss-reactive ketones (excluding diaryl/α,β-unsaturated/α-hetero) is 1. The standard InChI is InChI=1S/C19H16O5/c1-21-14-10-13-15(20)19(22-2)16(11-6-4-3-5-7-11)24-17(13)12-8-9-23-18(12)14/h3-10,16,19H,1-2H3/t16-,19+/m0/s1. The summed E-state index contributed by atoms with van der Waals surface area (Å²) in [6, 6.07) is 13.0. The van der Waals surface area contributed by atoms with Crippen molar-refractivity contribution in [3.8, 4) is 11.5 Å². The Morgan fingerprint density at radius 1 is 1.08 bits per heavy atom. The van der Waals surface area contributed by atoms with E-state index in [0.717, 1.165) is 5.56 Å². The Hall–Kier alpha value is -2.79. The van der Waals surface area contributed by atoms with Crippen LogP contribution in [-0.2, 0) is 4.74 Å². The highest BCUT2D eigenvalue weighted by Crippen LogP contribution is 2.44. The zero-order chi connectivity index (χ0) is 16.7. The molecule has 0 spiro atoms. The molecule has 4 rings (SSSR count). The van der Waals surface area contributed by atoms with Gasteiger partial charge in [-0.25, -0.2) is 0 Å². The van der Waals surface area contributed by atoms with E-state index in [9.17, 15) is 4.79 Å². The average molecular weight is 324 g/mol. The van der Waals surface area contributed by atoms with Crippen LogP contribution >= 0.6 is 0 Å². The minimum Gasteiger partial charge on any atom is -0.493 e. The third-order valence-corrected chi connectivity index (χ3v) is 4.30. The number of benzene rings is 2. The van der Waals surface area contributed by atoms with Gasteiger partial charge in [0, 0.05) is 7.11 Å². The Kier molecular flexibility index (Phi) is 3.50. The number of ketones is 1. The number of carbonyl (C=O) groups excluding carboxylic acids is 1. The van der Waals surface area contributed by atoms with E-state index in [4.69, 9.17) is 18.6 Å². The van der Waals surface area contributed by atoms with Gasteiger partial charge in [-0.3, -0.25) is 4.79 Å². The summed E-state index contributed by atoms with van der Waals surface area (Å²) in [5.41, 5.74) is 1.89. The molecule has 1 aliphatic heterocycles. The van der Waals surface area contributed by atoms with Gasteiger partial charge in [-0.1, -0.05) is 30.3 Å². The lowest BCUT2D eigenvalue weighted by molar-refractivity contribution is 0.0000193. The molecule has 122 valence electrons. The molecule has 0 saturated heterocycles. The Morgan fingerprint density at radius 2 is 1.88 bits per heavy atom. The number of fused-ring (bicyclic) bond motifs is 3. The first-order chi connectivity index (χ1) is 11.7. The number of methoxy groups -OCH3 is 2. The molecular weight excluding hydrogens is 308 g/mol. The van der Waals surface area contributed by atoms with Crippen LogP contribution in [0.4, 0.5) is 0 Å². The van der Waals surface area contributed by atoms with Crippen molar-refractivity contribution in [3.63, 3.8) is 0 Å². The van der Waals surface area contributed by atoms with Gasteiger partial charge >= 0.3 is 0 Å². The fourth-order valence-electron chi connectivity index (χ4n) is 3.14. The molecule has 3 aromatic rings. The van der Waals surface area contributed by atoms with Crippen LogP contribution in [0.15, 0.2) is 53.1 Å². The van der Waals surface area contributed by atoms with E-state index in [1.807, 2.05) is 30.3 Å². The maximum absolute atomic E-state index is 13.0. The van der Waals surface area contributed by atoms with Gasteiger partial charge in [-0.15, -0.1) is 0 Å². The van der Waals surface area contributed by atoms with Crippen LogP contribution in [-0.4, -0.2) is 26.1 Å². The summed E-state index contributed by atoms with van der Waals surface area (Å²) in [6.07, 6.45) is 0.331. The summed E-state index contributed by atoms with van der Waals surface area (Å²) < 4.78 is 22.5. The van der Waals surface area contributed by atoms with Gasteiger partial charge in [0.25, 0.3) is 0 Å². The number of rotatable bonds is 3. The Morgan fingerprint density at radius 3 is 2.58 bits per heavy atom. The summed E-state index contributed by atoms with van der Waals surface area (Å²) >= 11 is 0. The van der Waals surface area contributed by atoms with Gasteiger partial charge in [0.05, 0.1) is 24.3 Å². The lowest BCUT2D eigenvalue weighted by Gasteiger charge is -2.32. The number of hydrogen-bond acceptors (Lipinski definition) is 5. The van der Waals surface area contributed by atoms with Gasteiger partial charge in [0.1, 0.15) is 5.75 Å². The molecule has 0 N–H and O–H groups in total. The van der Waals surface area contributed by atoms with Crippen LogP contribution in [0.3, 0.4) is 0 Å². The van der Waals surface area contributed by atoms with Crippen LogP contribution < -0.4 is 9.47 Å². The monoisotopic (exact) mass is 324 g/mol. The highest BCUT2D eigenvalue weighted by atomic mass is 16.5. The summed E-state index contributed by atoms with van der Waals surface area (Å²) in [7, 11) is 3.05. The Labute approximate surface area is 138 Å². The topological polar surface area (TPSA) is 57.9 Å². The zero-order valence-electron chi connectivity index (χ0n) is 13.3. The fourth-order valence-corrected chi connectivity index (χ4v) is 3.14. The van der Waals surface area contributed by atoms with E-state index in [-0.39, 0.29) is 5.78 Å². The molecule has 0 saturated carbocycles. The van der Waals surface area contributed by atoms with Gasteiger partial charge in [0.2, 0.25) is 0 Å². The second-order valence-corrected chi connectivity index (χ2v) is 5.59. The van der Waals surface area contributed by atoms with Crippen LogP contribution in [0.1, 0.15) is 22.0 Å². The molecule has 5 heteroatoms. The predicted molar refractivity (Wildman–Crippen MR) is 87.7 cm³/mol. The number of furan rings is 1. The molecule has 1 aliphatic rings. The summed E-state index contributed by atoms with van der Waals surface area (Å²) in [6.45, 7) is 0. The quantitative estimate of drug-likeness (QED) is 0.734. The van der Waals surface area contributed by atoms with E-state index in [0.29, 0.717) is 28.0 Å². The highest BCUT2D eigenvalue weighted by Gasteiger charge is 2.40. The normalized spacial score (nSPS) is 19.8. The van der Waals surface area contributed by atoms with Crippen molar-refractivity contribution in [3.05, 3.63) is 59.9 Å². The first kappa shape index (κ1) is 14.8. The first-order valence-electron chi connectivity index (χ1n) is 7.61. The maximum Gasteiger partial charge on any atom is 0.199 e. The van der Waals surface area contributed by atoms with E-state index < -0.39 is 12.2 Å². The SMILES string of the molecule is COc1cc2c(c3ccoc13)O[C@@H](c1ccccc1)[C@H](OC)C2=O. The molecule has 0 aliphatic carbocycles. The maximum atomic E-state index is 13.0. The van der Waals surface area contributed by atoms with Crippen LogP contribution in [0.2, 0.25) is 0 Å². The second-order valence-electron chi connectivity index (χ2n) is 5.59. The molecule has 5 nitrogen and oxygen atoms in total. The van der Waals surface area contributed by atoms with E-state index >= 15 is 0 Å². The van der Waals surface area contributed by atoms with Gasteiger partial charge in [-0.05, 0) is 17.7 Å². The number of hydrogen-bond donors (Lipinski definition) is 0. The van der Waals surface area contributed by atoms with Crippen molar-refractivity contribution < 1.29 is 23.4 Å². The average Bonchev–Trinajstić information content (AvgIpc) is 3.12. The van der Waals surface area contributed by atoms with E-state index in [1.54, 1.807) is 25.5 Å². The molecule has 0 unspecified atom stereocenters. The summed E-state index contributed by atoms with van der Waals surface area (Å²) in [4.78, 5) is 13.0. The second kappa shape index (κ2) is 5.69. The number of ether oxygens (including phenoxy) is 3. The molecule has 1 aromatic heterocycles.